The molecule has 2 rings (SSSR count). The van der Waals surface area contributed by atoms with Crippen molar-refractivity contribution in [1.82, 2.24) is 9.80 Å². The fraction of sp³-hybridized carbons (Fsp3) is 0.933. The van der Waals surface area contributed by atoms with Crippen LogP contribution >= 0.6 is 0 Å². The minimum absolute atomic E-state index is 0.119. The zero-order chi connectivity index (χ0) is 14.5. The van der Waals surface area contributed by atoms with Crippen molar-refractivity contribution in [3.05, 3.63) is 0 Å². The number of hydrogen-bond acceptors (Lipinski definition) is 5. The van der Waals surface area contributed by atoms with Crippen molar-refractivity contribution < 1.29 is 14.3 Å². The molecule has 1 aliphatic carbocycles. The van der Waals surface area contributed by atoms with E-state index >= 15 is 0 Å². The summed E-state index contributed by atoms with van der Waals surface area (Å²) >= 11 is 0. The number of hydrogen-bond donors (Lipinski definition) is 0. The Bertz CT molecular complexity index is 320. The fourth-order valence-corrected chi connectivity index (χ4v) is 3.05. The lowest BCUT2D eigenvalue weighted by molar-refractivity contribution is -0.148. The van der Waals surface area contributed by atoms with Gasteiger partial charge < -0.3 is 9.47 Å². The van der Waals surface area contributed by atoms with Gasteiger partial charge in [-0.15, -0.1) is 0 Å². The Balaban J connectivity index is 1.88. The smallest absolute Gasteiger partial charge is 0.322 e. The summed E-state index contributed by atoms with van der Waals surface area (Å²) in [5.41, 5.74) is 0. The minimum Gasteiger partial charge on any atom is -0.468 e. The van der Waals surface area contributed by atoms with E-state index in [2.05, 4.69) is 16.7 Å². The van der Waals surface area contributed by atoms with Crippen LogP contribution in [0.25, 0.3) is 0 Å². The third-order valence-electron chi connectivity index (χ3n) is 4.73. The SMILES string of the molecule is COC(=O)C(C)N(CCN1CCOCC1C)C1CCC1. The molecule has 116 valence electrons. The average molecular weight is 284 g/mol. The molecule has 0 aromatic heterocycles. The summed E-state index contributed by atoms with van der Waals surface area (Å²) < 4.78 is 10.4. The first-order valence-corrected chi connectivity index (χ1v) is 7.79. The summed E-state index contributed by atoms with van der Waals surface area (Å²) in [5, 5.41) is 0. The summed E-state index contributed by atoms with van der Waals surface area (Å²) in [6, 6.07) is 0.891. The Morgan fingerprint density at radius 3 is 2.80 bits per heavy atom. The molecule has 2 atom stereocenters. The van der Waals surface area contributed by atoms with Crippen LogP contribution in [0.5, 0.6) is 0 Å². The Morgan fingerprint density at radius 1 is 1.50 bits per heavy atom. The van der Waals surface area contributed by atoms with E-state index in [1.54, 1.807) is 0 Å². The molecule has 2 unspecified atom stereocenters. The Morgan fingerprint density at radius 2 is 2.25 bits per heavy atom. The Hall–Kier alpha value is -0.650. The quantitative estimate of drug-likeness (QED) is 0.684. The highest BCUT2D eigenvalue weighted by atomic mass is 16.5. The van der Waals surface area contributed by atoms with Crippen molar-refractivity contribution in [2.75, 3.05) is 40.0 Å². The molecule has 0 bridgehead atoms. The van der Waals surface area contributed by atoms with Gasteiger partial charge in [0.15, 0.2) is 0 Å². The number of methoxy groups -OCH3 is 1. The lowest BCUT2D eigenvalue weighted by atomic mass is 9.90. The number of rotatable bonds is 6. The molecule has 5 nitrogen and oxygen atoms in total. The van der Waals surface area contributed by atoms with Gasteiger partial charge in [0.2, 0.25) is 0 Å². The van der Waals surface area contributed by atoms with Gasteiger partial charge >= 0.3 is 5.97 Å². The Labute approximate surface area is 122 Å². The minimum atomic E-state index is -0.137. The van der Waals surface area contributed by atoms with Crippen molar-refractivity contribution in [1.29, 1.82) is 0 Å². The van der Waals surface area contributed by atoms with Gasteiger partial charge in [-0.1, -0.05) is 6.42 Å². The van der Waals surface area contributed by atoms with E-state index in [1.165, 1.54) is 26.4 Å². The fourth-order valence-electron chi connectivity index (χ4n) is 3.05. The molecule has 0 aromatic rings. The van der Waals surface area contributed by atoms with Crippen molar-refractivity contribution in [2.45, 2.75) is 51.2 Å². The molecule has 0 spiro atoms. The summed E-state index contributed by atoms with van der Waals surface area (Å²) in [6.07, 6.45) is 3.70. The predicted octanol–water partition coefficient (Wildman–Crippen LogP) is 1.12. The van der Waals surface area contributed by atoms with Crippen LogP contribution in [0.4, 0.5) is 0 Å². The molecule has 5 heteroatoms. The highest BCUT2D eigenvalue weighted by Gasteiger charge is 2.32. The van der Waals surface area contributed by atoms with Crippen LogP contribution in [-0.4, -0.2) is 73.9 Å². The maximum absolute atomic E-state index is 11.8. The molecular weight excluding hydrogens is 256 g/mol. The van der Waals surface area contributed by atoms with Gasteiger partial charge in [-0.2, -0.15) is 0 Å². The number of carbonyl (C=O) groups is 1. The molecule has 1 saturated heterocycles. The van der Waals surface area contributed by atoms with Crippen LogP contribution in [0.3, 0.4) is 0 Å². The van der Waals surface area contributed by atoms with E-state index < -0.39 is 0 Å². The Kier molecular flexibility index (Phi) is 5.81. The van der Waals surface area contributed by atoms with E-state index in [0.717, 1.165) is 32.8 Å². The normalized spacial score (nSPS) is 26.3. The number of ether oxygens (including phenoxy) is 2. The molecule has 0 N–H and O–H groups in total. The van der Waals surface area contributed by atoms with Crippen molar-refractivity contribution in [3.8, 4) is 0 Å². The van der Waals surface area contributed by atoms with Crippen LogP contribution in [-0.2, 0) is 14.3 Å². The van der Waals surface area contributed by atoms with E-state index in [9.17, 15) is 4.79 Å². The molecule has 2 fully saturated rings. The molecule has 2 aliphatic rings. The lowest BCUT2D eigenvalue weighted by Crippen LogP contribution is -2.53. The van der Waals surface area contributed by atoms with Gasteiger partial charge in [-0.05, 0) is 26.7 Å². The lowest BCUT2D eigenvalue weighted by Gasteiger charge is -2.42. The second kappa shape index (κ2) is 7.38. The third kappa shape index (κ3) is 3.71. The first-order valence-electron chi connectivity index (χ1n) is 7.79. The first kappa shape index (κ1) is 15.7. The van der Waals surface area contributed by atoms with Gasteiger partial charge in [-0.25, -0.2) is 0 Å². The standard InChI is InChI=1S/C15H28N2O3/c1-12-11-20-10-9-16(12)7-8-17(14-5-4-6-14)13(2)15(18)19-3/h12-14H,4-11H2,1-3H3. The van der Waals surface area contributed by atoms with Gasteiger partial charge in [0.1, 0.15) is 6.04 Å². The summed E-state index contributed by atoms with van der Waals surface area (Å²) in [5.74, 6) is -0.119. The van der Waals surface area contributed by atoms with Crippen LogP contribution in [0.1, 0.15) is 33.1 Å². The third-order valence-corrected chi connectivity index (χ3v) is 4.73. The van der Waals surface area contributed by atoms with Crippen LogP contribution < -0.4 is 0 Å². The zero-order valence-electron chi connectivity index (χ0n) is 13.0. The molecule has 1 heterocycles. The maximum Gasteiger partial charge on any atom is 0.322 e. The number of morpholine rings is 1. The van der Waals surface area contributed by atoms with Crippen molar-refractivity contribution >= 4 is 5.97 Å². The van der Waals surface area contributed by atoms with E-state index in [0.29, 0.717) is 12.1 Å². The summed E-state index contributed by atoms with van der Waals surface area (Å²) in [7, 11) is 1.47. The maximum atomic E-state index is 11.8. The monoisotopic (exact) mass is 284 g/mol. The molecule has 0 aromatic carbocycles. The van der Waals surface area contributed by atoms with Gasteiger partial charge in [0.25, 0.3) is 0 Å². The second-order valence-corrected chi connectivity index (χ2v) is 5.98. The highest BCUT2D eigenvalue weighted by molar-refractivity contribution is 5.75. The molecular formula is C15H28N2O3. The number of carbonyl (C=O) groups excluding carboxylic acids is 1. The average Bonchev–Trinajstić information content (AvgIpc) is 2.41. The first-order chi connectivity index (χ1) is 9.63. The summed E-state index contributed by atoms with van der Waals surface area (Å²) in [6.45, 7) is 8.74. The van der Waals surface area contributed by atoms with Crippen LogP contribution in [0.2, 0.25) is 0 Å². The molecule has 0 radical (unpaired) electrons. The highest BCUT2D eigenvalue weighted by Crippen LogP contribution is 2.26. The van der Waals surface area contributed by atoms with E-state index in [4.69, 9.17) is 9.47 Å². The number of nitrogens with zero attached hydrogens (tertiary/aromatic N) is 2. The number of esters is 1. The largest absolute Gasteiger partial charge is 0.468 e. The second-order valence-electron chi connectivity index (χ2n) is 5.98. The molecule has 0 amide bonds. The summed E-state index contributed by atoms with van der Waals surface area (Å²) in [4.78, 5) is 16.6. The van der Waals surface area contributed by atoms with E-state index in [1.807, 2.05) is 6.92 Å². The molecule has 1 saturated carbocycles. The van der Waals surface area contributed by atoms with E-state index in [-0.39, 0.29) is 12.0 Å². The predicted molar refractivity (Wildman–Crippen MR) is 77.7 cm³/mol. The van der Waals surface area contributed by atoms with Gasteiger partial charge in [0.05, 0.1) is 20.3 Å². The van der Waals surface area contributed by atoms with Crippen molar-refractivity contribution in [2.24, 2.45) is 0 Å². The van der Waals surface area contributed by atoms with Crippen molar-refractivity contribution in [3.63, 3.8) is 0 Å². The zero-order valence-corrected chi connectivity index (χ0v) is 13.0. The van der Waals surface area contributed by atoms with Crippen LogP contribution in [0.15, 0.2) is 0 Å². The topological polar surface area (TPSA) is 42.0 Å². The molecule has 20 heavy (non-hydrogen) atoms. The van der Waals surface area contributed by atoms with Gasteiger partial charge in [-0.3, -0.25) is 14.6 Å². The van der Waals surface area contributed by atoms with Gasteiger partial charge in [0, 0.05) is 31.7 Å². The van der Waals surface area contributed by atoms with Crippen LogP contribution in [0, 0.1) is 0 Å². The molecule has 1 aliphatic heterocycles.